The Hall–Kier alpha value is -0.440. The van der Waals surface area contributed by atoms with Gasteiger partial charge in [-0.05, 0) is 12.5 Å². The lowest BCUT2D eigenvalue weighted by Gasteiger charge is -2.10. The zero-order chi connectivity index (χ0) is 11.0. The maximum Gasteiger partial charge on any atom is 0.337 e. The van der Waals surface area contributed by atoms with Crippen molar-refractivity contribution in [2.45, 2.75) is 19.8 Å². The molecule has 0 saturated carbocycles. The highest BCUT2D eigenvalue weighted by molar-refractivity contribution is 7.54. The predicted octanol–water partition coefficient (Wildman–Crippen LogP) is 2.40. The van der Waals surface area contributed by atoms with Crippen LogP contribution in [-0.4, -0.2) is 26.2 Å². The number of allylic oxidation sites excluding steroid dienone is 2. The molecule has 0 atom stereocenters. The van der Waals surface area contributed by atoms with Gasteiger partial charge in [-0.25, -0.2) is 0 Å². The Bertz CT molecular complexity index is 239. The van der Waals surface area contributed by atoms with Crippen LogP contribution in [0.3, 0.4) is 0 Å². The minimum absolute atomic E-state index is 0.194. The standard InChI is InChI=1S/C9H17O4P/c1-4-5-6-7-9(10)8-14(11,12-2)13-3/h6-7H,4-5,8H2,1-3H3. The van der Waals surface area contributed by atoms with Crippen molar-refractivity contribution < 1.29 is 18.4 Å². The molecule has 0 aromatic rings. The molecule has 0 aliphatic carbocycles. The molecule has 0 bridgehead atoms. The maximum atomic E-state index is 11.5. The minimum Gasteiger partial charge on any atom is -0.312 e. The first-order valence-corrected chi connectivity index (χ1v) is 6.20. The maximum absolute atomic E-state index is 11.5. The Labute approximate surface area is 84.8 Å². The summed E-state index contributed by atoms with van der Waals surface area (Å²) in [5, 5.41) is 0. The molecular weight excluding hydrogens is 203 g/mol. The summed E-state index contributed by atoms with van der Waals surface area (Å²) < 4.78 is 20.8. The summed E-state index contributed by atoms with van der Waals surface area (Å²) in [5.74, 6) is -0.231. The number of rotatable bonds is 7. The lowest BCUT2D eigenvalue weighted by atomic mass is 10.3. The Morgan fingerprint density at radius 1 is 1.36 bits per heavy atom. The quantitative estimate of drug-likeness (QED) is 0.488. The van der Waals surface area contributed by atoms with Gasteiger partial charge in [0.1, 0.15) is 6.16 Å². The average Bonchev–Trinajstić information content (AvgIpc) is 2.18. The van der Waals surface area contributed by atoms with Crippen LogP contribution in [0.1, 0.15) is 19.8 Å². The average molecular weight is 220 g/mol. The third-order valence-electron chi connectivity index (χ3n) is 1.66. The summed E-state index contributed by atoms with van der Waals surface area (Å²) in [4.78, 5) is 11.2. The summed E-state index contributed by atoms with van der Waals surface area (Å²) in [7, 11) is -0.644. The highest BCUT2D eigenvalue weighted by atomic mass is 31.2. The molecule has 0 aliphatic rings. The molecule has 4 nitrogen and oxygen atoms in total. The molecule has 0 unspecified atom stereocenters. The fourth-order valence-corrected chi connectivity index (χ4v) is 1.72. The summed E-state index contributed by atoms with van der Waals surface area (Å²) >= 11 is 0. The van der Waals surface area contributed by atoms with Crippen molar-refractivity contribution in [1.29, 1.82) is 0 Å². The molecule has 82 valence electrons. The van der Waals surface area contributed by atoms with Gasteiger partial charge in [0.05, 0.1) is 0 Å². The van der Waals surface area contributed by atoms with E-state index < -0.39 is 7.60 Å². The first-order valence-electron chi connectivity index (χ1n) is 4.48. The van der Waals surface area contributed by atoms with Gasteiger partial charge in [-0.1, -0.05) is 19.4 Å². The number of unbranched alkanes of at least 4 members (excludes halogenated alkanes) is 1. The van der Waals surface area contributed by atoms with E-state index >= 15 is 0 Å². The van der Waals surface area contributed by atoms with E-state index in [1.807, 2.05) is 6.92 Å². The summed E-state index contributed by atoms with van der Waals surface area (Å²) in [6.45, 7) is 2.02. The number of carbonyl (C=O) groups is 1. The zero-order valence-corrected chi connectivity index (χ0v) is 9.75. The molecule has 0 fully saturated rings. The Balaban J connectivity index is 4.11. The third-order valence-corrected chi connectivity index (χ3v) is 3.48. The van der Waals surface area contributed by atoms with Gasteiger partial charge in [-0.2, -0.15) is 0 Å². The van der Waals surface area contributed by atoms with Gasteiger partial charge in [-0.3, -0.25) is 9.36 Å². The van der Waals surface area contributed by atoms with Crippen LogP contribution in [0.25, 0.3) is 0 Å². The first-order chi connectivity index (χ1) is 6.58. The fraction of sp³-hybridized carbons (Fsp3) is 0.667. The Morgan fingerprint density at radius 2 is 1.93 bits per heavy atom. The number of hydrogen-bond acceptors (Lipinski definition) is 4. The molecule has 5 heteroatoms. The minimum atomic E-state index is -3.19. The van der Waals surface area contributed by atoms with Crippen molar-refractivity contribution >= 4 is 13.4 Å². The SMILES string of the molecule is CCCC=CC(=O)CP(=O)(OC)OC. The lowest BCUT2D eigenvalue weighted by Crippen LogP contribution is -2.04. The third kappa shape index (κ3) is 5.32. The Morgan fingerprint density at radius 3 is 2.36 bits per heavy atom. The monoisotopic (exact) mass is 220 g/mol. The van der Waals surface area contributed by atoms with Gasteiger partial charge in [0.2, 0.25) is 0 Å². The normalized spacial score (nSPS) is 12.2. The second-order valence-electron chi connectivity index (χ2n) is 2.79. The molecule has 0 aromatic heterocycles. The van der Waals surface area contributed by atoms with Crippen molar-refractivity contribution in [1.82, 2.24) is 0 Å². The fourth-order valence-electron chi connectivity index (χ4n) is 0.829. The summed E-state index contributed by atoms with van der Waals surface area (Å²) in [6, 6.07) is 0. The van der Waals surface area contributed by atoms with Crippen molar-refractivity contribution in [2.24, 2.45) is 0 Å². The summed E-state index contributed by atoms with van der Waals surface area (Å²) in [5.41, 5.74) is 0. The highest BCUT2D eigenvalue weighted by Gasteiger charge is 2.23. The van der Waals surface area contributed by atoms with E-state index in [1.54, 1.807) is 6.08 Å². The van der Waals surface area contributed by atoms with Crippen molar-refractivity contribution in [2.75, 3.05) is 20.4 Å². The molecule has 0 rings (SSSR count). The highest BCUT2D eigenvalue weighted by Crippen LogP contribution is 2.45. The molecule has 0 N–H and O–H groups in total. The van der Waals surface area contributed by atoms with E-state index in [0.29, 0.717) is 0 Å². The predicted molar refractivity (Wildman–Crippen MR) is 55.5 cm³/mol. The summed E-state index contributed by atoms with van der Waals surface area (Å²) in [6.07, 6.45) is 4.82. The zero-order valence-electron chi connectivity index (χ0n) is 8.86. The van der Waals surface area contributed by atoms with Gasteiger partial charge in [0, 0.05) is 14.2 Å². The molecule has 0 radical (unpaired) electrons. The largest absolute Gasteiger partial charge is 0.337 e. The number of carbonyl (C=O) groups excluding carboxylic acids is 1. The van der Waals surface area contributed by atoms with E-state index in [-0.39, 0.29) is 11.9 Å². The molecule has 0 heterocycles. The van der Waals surface area contributed by atoms with Crippen LogP contribution in [0, 0.1) is 0 Å². The number of hydrogen-bond donors (Lipinski definition) is 0. The molecular formula is C9H17O4P. The first kappa shape index (κ1) is 13.6. The van der Waals surface area contributed by atoms with E-state index in [1.165, 1.54) is 20.3 Å². The Kier molecular flexibility index (Phi) is 6.71. The van der Waals surface area contributed by atoms with E-state index in [2.05, 4.69) is 9.05 Å². The van der Waals surface area contributed by atoms with Gasteiger partial charge in [0.25, 0.3) is 0 Å². The second kappa shape index (κ2) is 6.93. The van der Waals surface area contributed by atoms with Gasteiger partial charge < -0.3 is 9.05 Å². The van der Waals surface area contributed by atoms with Crippen LogP contribution < -0.4 is 0 Å². The van der Waals surface area contributed by atoms with Crippen LogP contribution in [0.2, 0.25) is 0 Å². The van der Waals surface area contributed by atoms with E-state index in [9.17, 15) is 9.36 Å². The number of ketones is 1. The van der Waals surface area contributed by atoms with Crippen LogP contribution in [0.5, 0.6) is 0 Å². The lowest BCUT2D eigenvalue weighted by molar-refractivity contribution is -0.112. The molecule has 0 saturated heterocycles. The van der Waals surface area contributed by atoms with E-state index in [0.717, 1.165) is 12.8 Å². The van der Waals surface area contributed by atoms with E-state index in [4.69, 9.17) is 0 Å². The second-order valence-corrected chi connectivity index (χ2v) is 5.06. The van der Waals surface area contributed by atoms with Crippen molar-refractivity contribution in [3.63, 3.8) is 0 Å². The van der Waals surface area contributed by atoms with Crippen LogP contribution in [-0.2, 0) is 18.4 Å². The molecule has 14 heavy (non-hydrogen) atoms. The van der Waals surface area contributed by atoms with Crippen molar-refractivity contribution in [3.05, 3.63) is 12.2 Å². The van der Waals surface area contributed by atoms with Crippen molar-refractivity contribution in [3.8, 4) is 0 Å². The smallest absolute Gasteiger partial charge is 0.312 e. The molecule has 0 amide bonds. The van der Waals surface area contributed by atoms with Crippen LogP contribution in [0.4, 0.5) is 0 Å². The topological polar surface area (TPSA) is 52.6 Å². The molecule has 0 spiro atoms. The van der Waals surface area contributed by atoms with Crippen LogP contribution >= 0.6 is 7.60 Å². The molecule has 0 aromatic carbocycles. The molecule has 0 aliphatic heterocycles. The van der Waals surface area contributed by atoms with Gasteiger partial charge in [0.15, 0.2) is 5.78 Å². The van der Waals surface area contributed by atoms with Gasteiger partial charge >= 0.3 is 7.60 Å². The van der Waals surface area contributed by atoms with Gasteiger partial charge in [-0.15, -0.1) is 0 Å². The van der Waals surface area contributed by atoms with Crippen LogP contribution in [0.15, 0.2) is 12.2 Å².